The summed E-state index contributed by atoms with van der Waals surface area (Å²) < 4.78 is 0. The molecule has 1 heterocycles. The number of rotatable bonds is 0. The zero-order valence-electron chi connectivity index (χ0n) is 10.7. The Morgan fingerprint density at radius 2 is 1.37 bits per heavy atom. The second kappa shape index (κ2) is 3.79. The summed E-state index contributed by atoms with van der Waals surface area (Å²) in [7, 11) is 0. The van der Waals surface area contributed by atoms with Crippen molar-refractivity contribution in [3.05, 3.63) is 66.5 Å². The molecule has 4 rings (SSSR count). The first-order chi connectivity index (χ1) is 9.33. The molecular weight excluding hydrogens is 230 g/mol. The molecule has 0 unspecified atom stereocenters. The fourth-order valence-electron chi connectivity index (χ4n) is 2.85. The van der Waals surface area contributed by atoms with Crippen LogP contribution in [-0.2, 0) is 0 Å². The summed E-state index contributed by atoms with van der Waals surface area (Å²) in [6.07, 6.45) is 3.79. The van der Waals surface area contributed by atoms with Gasteiger partial charge in [0, 0.05) is 17.8 Å². The van der Waals surface area contributed by atoms with E-state index in [1.165, 1.54) is 37.9 Å². The SMILES string of the molecule is Cc1ccc2c(ccc3c4ccncc4ccc23)c1. The molecule has 0 spiro atoms. The van der Waals surface area contributed by atoms with Crippen molar-refractivity contribution in [1.29, 1.82) is 0 Å². The van der Waals surface area contributed by atoms with Crippen molar-refractivity contribution >= 4 is 32.3 Å². The van der Waals surface area contributed by atoms with Crippen molar-refractivity contribution in [1.82, 2.24) is 4.98 Å². The maximum atomic E-state index is 4.19. The maximum absolute atomic E-state index is 4.19. The highest BCUT2D eigenvalue weighted by Crippen LogP contribution is 2.31. The minimum Gasteiger partial charge on any atom is -0.264 e. The van der Waals surface area contributed by atoms with E-state index in [0.29, 0.717) is 0 Å². The summed E-state index contributed by atoms with van der Waals surface area (Å²) in [6, 6.07) is 17.5. The zero-order chi connectivity index (χ0) is 12.8. The van der Waals surface area contributed by atoms with Crippen molar-refractivity contribution < 1.29 is 0 Å². The highest BCUT2D eigenvalue weighted by molar-refractivity contribution is 6.17. The van der Waals surface area contributed by atoms with Crippen LogP contribution in [0.4, 0.5) is 0 Å². The third-order valence-corrected chi connectivity index (χ3v) is 3.79. The van der Waals surface area contributed by atoms with E-state index in [4.69, 9.17) is 0 Å². The maximum Gasteiger partial charge on any atom is 0.0346 e. The van der Waals surface area contributed by atoms with Gasteiger partial charge in [-0.1, -0.05) is 48.0 Å². The normalized spacial score (nSPS) is 11.4. The third kappa shape index (κ3) is 1.52. The molecule has 19 heavy (non-hydrogen) atoms. The molecule has 0 atom stereocenters. The van der Waals surface area contributed by atoms with E-state index in [0.717, 1.165) is 0 Å². The van der Waals surface area contributed by atoms with Crippen molar-refractivity contribution in [3.8, 4) is 0 Å². The van der Waals surface area contributed by atoms with Crippen molar-refractivity contribution in [3.63, 3.8) is 0 Å². The molecule has 1 aromatic heterocycles. The van der Waals surface area contributed by atoms with Gasteiger partial charge in [0.05, 0.1) is 0 Å². The van der Waals surface area contributed by atoms with Gasteiger partial charge in [-0.05, 0) is 39.9 Å². The van der Waals surface area contributed by atoms with Gasteiger partial charge in [0.25, 0.3) is 0 Å². The molecule has 1 nitrogen and oxygen atoms in total. The van der Waals surface area contributed by atoms with Crippen LogP contribution in [0.2, 0.25) is 0 Å². The second-order valence-electron chi connectivity index (χ2n) is 5.05. The Labute approximate surface area is 111 Å². The Hall–Kier alpha value is -2.41. The molecule has 0 aliphatic carbocycles. The highest BCUT2D eigenvalue weighted by atomic mass is 14.6. The average Bonchev–Trinajstić information content (AvgIpc) is 2.46. The van der Waals surface area contributed by atoms with E-state index in [9.17, 15) is 0 Å². The fourth-order valence-corrected chi connectivity index (χ4v) is 2.85. The smallest absolute Gasteiger partial charge is 0.0346 e. The monoisotopic (exact) mass is 243 g/mol. The number of aryl methyl sites for hydroxylation is 1. The Balaban J connectivity index is 2.26. The molecular formula is C18H13N. The first-order valence-corrected chi connectivity index (χ1v) is 6.49. The van der Waals surface area contributed by atoms with Crippen LogP contribution in [0.5, 0.6) is 0 Å². The van der Waals surface area contributed by atoms with Crippen LogP contribution >= 0.6 is 0 Å². The molecule has 0 saturated heterocycles. The number of benzene rings is 3. The average molecular weight is 243 g/mol. The van der Waals surface area contributed by atoms with Gasteiger partial charge in [-0.3, -0.25) is 4.98 Å². The van der Waals surface area contributed by atoms with Crippen LogP contribution in [0.3, 0.4) is 0 Å². The summed E-state index contributed by atoms with van der Waals surface area (Å²) in [6.45, 7) is 2.13. The van der Waals surface area contributed by atoms with Crippen molar-refractivity contribution in [2.45, 2.75) is 6.92 Å². The number of hydrogen-bond acceptors (Lipinski definition) is 1. The van der Waals surface area contributed by atoms with E-state index >= 15 is 0 Å². The lowest BCUT2D eigenvalue weighted by Gasteiger charge is -2.07. The lowest BCUT2D eigenvalue weighted by atomic mass is 9.97. The summed E-state index contributed by atoms with van der Waals surface area (Å²) >= 11 is 0. The summed E-state index contributed by atoms with van der Waals surface area (Å²) in [5.74, 6) is 0. The van der Waals surface area contributed by atoms with E-state index in [2.05, 4.69) is 60.4 Å². The van der Waals surface area contributed by atoms with Gasteiger partial charge in [-0.15, -0.1) is 0 Å². The van der Waals surface area contributed by atoms with Crippen LogP contribution in [-0.4, -0.2) is 4.98 Å². The van der Waals surface area contributed by atoms with E-state index < -0.39 is 0 Å². The molecule has 4 aromatic rings. The predicted molar refractivity (Wildman–Crippen MR) is 81.5 cm³/mol. The molecule has 0 N–H and O–H groups in total. The molecule has 90 valence electrons. The van der Waals surface area contributed by atoms with Gasteiger partial charge in [-0.2, -0.15) is 0 Å². The first-order valence-electron chi connectivity index (χ1n) is 6.49. The van der Waals surface area contributed by atoms with Crippen LogP contribution < -0.4 is 0 Å². The number of fused-ring (bicyclic) bond motifs is 5. The molecule has 0 saturated carbocycles. The van der Waals surface area contributed by atoms with Gasteiger partial charge in [-0.25, -0.2) is 0 Å². The molecule has 0 radical (unpaired) electrons. The summed E-state index contributed by atoms with van der Waals surface area (Å²) in [5.41, 5.74) is 1.30. The first kappa shape index (κ1) is 10.5. The fraction of sp³-hybridized carbons (Fsp3) is 0.0556. The Morgan fingerprint density at radius 3 is 2.21 bits per heavy atom. The van der Waals surface area contributed by atoms with Gasteiger partial charge in [0.1, 0.15) is 0 Å². The van der Waals surface area contributed by atoms with E-state index in [1.807, 2.05) is 12.4 Å². The Kier molecular flexibility index (Phi) is 2.10. The quantitative estimate of drug-likeness (QED) is 0.402. The van der Waals surface area contributed by atoms with Crippen molar-refractivity contribution in [2.24, 2.45) is 0 Å². The predicted octanol–water partition coefficient (Wildman–Crippen LogP) is 4.85. The number of aromatic nitrogens is 1. The number of nitrogens with zero attached hydrogens (tertiary/aromatic N) is 1. The van der Waals surface area contributed by atoms with E-state index in [1.54, 1.807) is 0 Å². The minimum absolute atomic E-state index is 1.20. The molecule has 3 aromatic carbocycles. The Bertz CT molecular complexity index is 922. The summed E-state index contributed by atoms with van der Waals surface area (Å²) in [5, 5.41) is 7.71. The largest absolute Gasteiger partial charge is 0.264 e. The lowest BCUT2D eigenvalue weighted by molar-refractivity contribution is 1.37. The summed E-state index contributed by atoms with van der Waals surface area (Å²) in [4.78, 5) is 4.19. The van der Waals surface area contributed by atoms with Gasteiger partial charge >= 0.3 is 0 Å². The second-order valence-corrected chi connectivity index (χ2v) is 5.05. The molecule has 0 fully saturated rings. The van der Waals surface area contributed by atoms with Gasteiger partial charge in [0.2, 0.25) is 0 Å². The van der Waals surface area contributed by atoms with Crippen LogP contribution in [0.1, 0.15) is 5.56 Å². The number of hydrogen-bond donors (Lipinski definition) is 0. The topological polar surface area (TPSA) is 12.9 Å². The molecule has 0 aliphatic heterocycles. The zero-order valence-corrected chi connectivity index (χ0v) is 10.7. The number of pyridine rings is 1. The Morgan fingerprint density at radius 1 is 0.684 bits per heavy atom. The van der Waals surface area contributed by atoms with Crippen LogP contribution in [0.15, 0.2) is 60.9 Å². The minimum atomic E-state index is 1.20. The lowest BCUT2D eigenvalue weighted by Crippen LogP contribution is -1.82. The molecule has 0 bridgehead atoms. The highest BCUT2D eigenvalue weighted by Gasteiger charge is 2.04. The van der Waals surface area contributed by atoms with Crippen LogP contribution in [0.25, 0.3) is 32.3 Å². The third-order valence-electron chi connectivity index (χ3n) is 3.79. The standard InChI is InChI=1S/C18H13N/c1-12-2-5-15-13(10-12)3-6-18-16-8-9-19-11-14(16)4-7-17(15)18/h2-11H,1H3. The van der Waals surface area contributed by atoms with Gasteiger partial charge in [0.15, 0.2) is 0 Å². The molecule has 0 aliphatic rings. The van der Waals surface area contributed by atoms with Gasteiger partial charge < -0.3 is 0 Å². The molecule has 0 amide bonds. The molecule has 1 heteroatoms. The van der Waals surface area contributed by atoms with Crippen molar-refractivity contribution in [2.75, 3.05) is 0 Å². The van der Waals surface area contributed by atoms with E-state index in [-0.39, 0.29) is 0 Å². The van der Waals surface area contributed by atoms with Crippen LogP contribution in [0, 0.1) is 6.92 Å².